The lowest BCUT2D eigenvalue weighted by molar-refractivity contribution is -0.139. The zero-order valence-corrected chi connectivity index (χ0v) is 16.8. The van der Waals surface area contributed by atoms with E-state index in [-0.39, 0.29) is 30.0 Å². The fourth-order valence-corrected chi connectivity index (χ4v) is 5.28. The third kappa shape index (κ3) is 3.35. The first-order chi connectivity index (χ1) is 14.5. The van der Waals surface area contributed by atoms with E-state index in [0.717, 1.165) is 6.42 Å². The van der Waals surface area contributed by atoms with E-state index in [0.29, 0.717) is 32.7 Å². The summed E-state index contributed by atoms with van der Waals surface area (Å²) in [4.78, 5) is 25.5. The Morgan fingerprint density at radius 1 is 1.10 bits per heavy atom. The van der Waals surface area contributed by atoms with Crippen molar-refractivity contribution in [1.82, 2.24) is 4.90 Å². The van der Waals surface area contributed by atoms with Gasteiger partial charge in [-0.2, -0.15) is 0 Å². The van der Waals surface area contributed by atoms with E-state index >= 15 is 0 Å². The van der Waals surface area contributed by atoms with Crippen molar-refractivity contribution in [3.63, 3.8) is 0 Å². The van der Waals surface area contributed by atoms with Crippen molar-refractivity contribution in [2.24, 2.45) is 5.41 Å². The average Bonchev–Trinajstić information content (AvgIpc) is 3.43. The van der Waals surface area contributed by atoms with Gasteiger partial charge >= 0.3 is 12.1 Å². The van der Waals surface area contributed by atoms with E-state index in [1.807, 2.05) is 24.3 Å². The molecule has 6 heteroatoms. The first kappa shape index (κ1) is 19.1. The summed E-state index contributed by atoms with van der Waals surface area (Å²) in [5, 5.41) is 8.99. The van der Waals surface area contributed by atoms with Crippen molar-refractivity contribution >= 4 is 12.1 Å². The lowest BCUT2D eigenvalue weighted by Gasteiger charge is -2.23. The maximum absolute atomic E-state index is 12.8. The predicted molar refractivity (Wildman–Crippen MR) is 110 cm³/mol. The molecule has 2 aromatic carbocycles. The van der Waals surface area contributed by atoms with Gasteiger partial charge in [0.15, 0.2) is 0 Å². The van der Waals surface area contributed by atoms with Crippen molar-refractivity contribution in [3.8, 4) is 11.1 Å². The predicted octanol–water partition coefficient (Wildman–Crippen LogP) is 3.89. The smallest absolute Gasteiger partial charge is 0.409 e. The standard InChI is InChI=1S/C24H25NO5/c26-22(27)11-16-12-24(15-30-16)9-10-25(14-24)23(28)29-13-21-19-7-3-1-5-17(19)18-6-2-4-8-20(18)21/h1-8,16,21H,9-15H2,(H,26,27). The van der Waals surface area contributed by atoms with Gasteiger partial charge in [-0.1, -0.05) is 48.5 Å². The van der Waals surface area contributed by atoms with Crippen LogP contribution in [0.1, 0.15) is 36.3 Å². The second-order valence-electron chi connectivity index (χ2n) is 8.71. The summed E-state index contributed by atoms with van der Waals surface area (Å²) in [5.74, 6) is -0.795. The van der Waals surface area contributed by atoms with Crippen molar-refractivity contribution in [2.75, 3.05) is 26.3 Å². The molecule has 2 heterocycles. The molecule has 1 N–H and O–H groups in total. The molecule has 2 unspecified atom stereocenters. The molecule has 1 spiro atoms. The maximum atomic E-state index is 12.8. The molecule has 156 valence electrons. The molecule has 0 bridgehead atoms. The number of carboxylic acids is 1. The lowest BCUT2D eigenvalue weighted by Crippen LogP contribution is -2.33. The summed E-state index contributed by atoms with van der Waals surface area (Å²) < 4.78 is 11.5. The second kappa shape index (κ2) is 7.43. The molecule has 30 heavy (non-hydrogen) atoms. The molecule has 1 amide bonds. The number of hydrogen-bond donors (Lipinski definition) is 1. The van der Waals surface area contributed by atoms with Gasteiger partial charge in [0.2, 0.25) is 0 Å². The molecular formula is C24H25NO5. The Balaban J connectivity index is 1.23. The highest BCUT2D eigenvalue weighted by molar-refractivity contribution is 5.79. The number of carbonyl (C=O) groups is 2. The van der Waals surface area contributed by atoms with Gasteiger partial charge in [0.1, 0.15) is 6.61 Å². The number of carboxylic acid groups (broad SMARTS) is 1. The molecule has 2 fully saturated rings. The number of rotatable bonds is 4. The average molecular weight is 407 g/mol. The Kier molecular flexibility index (Phi) is 4.74. The third-order valence-electron chi connectivity index (χ3n) is 6.72. The number of benzene rings is 2. The number of amides is 1. The first-order valence-electron chi connectivity index (χ1n) is 10.5. The molecule has 2 aliphatic heterocycles. The molecule has 1 aliphatic carbocycles. The van der Waals surface area contributed by atoms with Gasteiger partial charge in [0, 0.05) is 24.4 Å². The van der Waals surface area contributed by atoms with Gasteiger partial charge in [0.25, 0.3) is 0 Å². The molecule has 3 aliphatic rings. The summed E-state index contributed by atoms with van der Waals surface area (Å²) >= 11 is 0. The van der Waals surface area contributed by atoms with Gasteiger partial charge in [-0.05, 0) is 35.1 Å². The van der Waals surface area contributed by atoms with Crippen LogP contribution in [-0.4, -0.2) is 54.5 Å². The largest absolute Gasteiger partial charge is 0.481 e. The highest BCUT2D eigenvalue weighted by Gasteiger charge is 2.47. The third-order valence-corrected chi connectivity index (χ3v) is 6.72. The number of ether oxygens (including phenoxy) is 2. The Morgan fingerprint density at radius 3 is 2.43 bits per heavy atom. The highest BCUT2D eigenvalue weighted by atomic mass is 16.6. The Bertz CT molecular complexity index is 944. The van der Waals surface area contributed by atoms with Gasteiger partial charge in [-0.25, -0.2) is 4.79 Å². The van der Waals surface area contributed by atoms with E-state index in [4.69, 9.17) is 14.6 Å². The van der Waals surface area contributed by atoms with Gasteiger partial charge in [0.05, 0.1) is 19.1 Å². The van der Waals surface area contributed by atoms with Gasteiger partial charge in [-0.15, -0.1) is 0 Å². The number of nitrogens with zero attached hydrogens (tertiary/aromatic N) is 1. The Morgan fingerprint density at radius 2 is 1.77 bits per heavy atom. The van der Waals surface area contributed by atoms with Crippen LogP contribution in [-0.2, 0) is 14.3 Å². The van der Waals surface area contributed by atoms with Crippen LogP contribution in [0.25, 0.3) is 11.1 Å². The Hall–Kier alpha value is -2.86. The number of carbonyl (C=O) groups excluding carboxylic acids is 1. The van der Waals surface area contributed by atoms with Crippen LogP contribution < -0.4 is 0 Å². The molecule has 2 aromatic rings. The second-order valence-corrected chi connectivity index (χ2v) is 8.71. The molecule has 2 atom stereocenters. The molecule has 5 rings (SSSR count). The molecular weight excluding hydrogens is 382 g/mol. The first-order valence-corrected chi connectivity index (χ1v) is 10.5. The Labute approximate surface area is 175 Å². The zero-order chi connectivity index (χ0) is 20.7. The maximum Gasteiger partial charge on any atom is 0.409 e. The van der Waals surface area contributed by atoms with Crippen molar-refractivity contribution < 1.29 is 24.2 Å². The van der Waals surface area contributed by atoms with E-state index in [2.05, 4.69) is 24.3 Å². The summed E-state index contributed by atoms with van der Waals surface area (Å²) in [7, 11) is 0. The number of aliphatic carboxylic acids is 1. The van der Waals surface area contributed by atoms with E-state index in [1.165, 1.54) is 22.3 Å². The molecule has 0 aromatic heterocycles. The van der Waals surface area contributed by atoms with Crippen LogP contribution in [0.4, 0.5) is 4.79 Å². The minimum absolute atomic E-state index is 0.0205. The fourth-order valence-electron chi connectivity index (χ4n) is 5.28. The topological polar surface area (TPSA) is 76.1 Å². The number of likely N-dealkylation sites (tertiary alicyclic amines) is 1. The van der Waals surface area contributed by atoms with Gasteiger partial charge < -0.3 is 19.5 Å². The summed E-state index contributed by atoms with van der Waals surface area (Å²) in [6, 6.07) is 16.6. The minimum atomic E-state index is -0.844. The van der Waals surface area contributed by atoms with Crippen LogP contribution in [0.15, 0.2) is 48.5 Å². The van der Waals surface area contributed by atoms with E-state index in [1.54, 1.807) is 4.90 Å². The zero-order valence-electron chi connectivity index (χ0n) is 16.8. The SMILES string of the molecule is O=C(O)CC1CC2(CCN(C(=O)OCC3c4ccccc4-c4ccccc43)C2)CO1. The van der Waals surface area contributed by atoms with Crippen LogP contribution in [0.2, 0.25) is 0 Å². The van der Waals surface area contributed by atoms with Crippen LogP contribution in [0.3, 0.4) is 0 Å². The number of hydrogen-bond acceptors (Lipinski definition) is 4. The van der Waals surface area contributed by atoms with Crippen LogP contribution in [0, 0.1) is 5.41 Å². The lowest BCUT2D eigenvalue weighted by atomic mass is 9.84. The van der Waals surface area contributed by atoms with Crippen LogP contribution in [0.5, 0.6) is 0 Å². The van der Waals surface area contributed by atoms with Crippen molar-refractivity contribution in [3.05, 3.63) is 59.7 Å². The molecule has 0 saturated carbocycles. The molecule has 6 nitrogen and oxygen atoms in total. The molecule has 2 saturated heterocycles. The van der Waals surface area contributed by atoms with Gasteiger partial charge in [-0.3, -0.25) is 4.79 Å². The summed E-state index contributed by atoms with van der Waals surface area (Å²) in [5.41, 5.74) is 4.69. The normalized spacial score (nSPS) is 24.8. The minimum Gasteiger partial charge on any atom is -0.481 e. The van der Waals surface area contributed by atoms with Crippen molar-refractivity contribution in [1.29, 1.82) is 0 Å². The van der Waals surface area contributed by atoms with Crippen LogP contribution >= 0.6 is 0 Å². The summed E-state index contributed by atoms with van der Waals surface area (Å²) in [6.07, 6.45) is 0.979. The van der Waals surface area contributed by atoms with Crippen molar-refractivity contribution in [2.45, 2.75) is 31.3 Å². The van der Waals surface area contributed by atoms with E-state index in [9.17, 15) is 9.59 Å². The van der Waals surface area contributed by atoms with E-state index < -0.39 is 5.97 Å². The quantitative estimate of drug-likeness (QED) is 0.832. The molecule has 0 radical (unpaired) electrons. The highest BCUT2D eigenvalue weighted by Crippen LogP contribution is 2.45. The monoisotopic (exact) mass is 407 g/mol. The fraction of sp³-hybridized carbons (Fsp3) is 0.417. The number of fused-ring (bicyclic) bond motifs is 3. The summed E-state index contributed by atoms with van der Waals surface area (Å²) in [6.45, 7) is 2.02.